The molecule has 0 spiro atoms. The molecule has 96 valence electrons. The van der Waals surface area contributed by atoms with E-state index >= 15 is 0 Å². The zero-order valence-corrected chi connectivity index (χ0v) is 11.8. The first-order chi connectivity index (χ1) is 7.44. The molecule has 2 unspecified atom stereocenters. The molecule has 0 radical (unpaired) electrons. The summed E-state index contributed by atoms with van der Waals surface area (Å²) in [4.78, 5) is 2.64. The predicted molar refractivity (Wildman–Crippen MR) is 71.8 cm³/mol. The number of hydrogen-bond acceptors (Lipinski definition) is 2. The van der Waals surface area contributed by atoms with Gasteiger partial charge in [0, 0.05) is 24.7 Å². The van der Waals surface area contributed by atoms with Crippen molar-refractivity contribution in [3.8, 4) is 0 Å². The van der Waals surface area contributed by atoms with Crippen LogP contribution in [0, 0.1) is 5.92 Å². The van der Waals surface area contributed by atoms with Gasteiger partial charge in [-0.25, -0.2) is 0 Å². The summed E-state index contributed by atoms with van der Waals surface area (Å²) < 4.78 is 0. The van der Waals surface area contributed by atoms with Gasteiger partial charge in [-0.15, -0.1) is 0 Å². The van der Waals surface area contributed by atoms with Crippen LogP contribution in [-0.2, 0) is 0 Å². The molecular weight excluding hydrogens is 196 g/mol. The summed E-state index contributed by atoms with van der Waals surface area (Å²) in [7, 11) is 0. The molecule has 0 aliphatic carbocycles. The van der Waals surface area contributed by atoms with E-state index in [1.807, 2.05) is 0 Å². The van der Waals surface area contributed by atoms with Gasteiger partial charge >= 0.3 is 0 Å². The maximum Gasteiger partial charge on any atom is 0.0123 e. The molecule has 0 aromatic carbocycles. The van der Waals surface area contributed by atoms with E-state index in [0.717, 1.165) is 18.5 Å². The van der Waals surface area contributed by atoms with Gasteiger partial charge in [-0.05, 0) is 52.5 Å². The Balaban J connectivity index is 2.23. The van der Waals surface area contributed by atoms with Gasteiger partial charge in [0.05, 0.1) is 0 Å². The third-order valence-electron chi connectivity index (χ3n) is 4.16. The van der Waals surface area contributed by atoms with Gasteiger partial charge < -0.3 is 5.32 Å². The Hall–Kier alpha value is -0.0800. The van der Waals surface area contributed by atoms with E-state index in [0.29, 0.717) is 5.54 Å². The van der Waals surface area contributed by atoms with Gasteiger partial charge in [0.25, 0.3) is 0 Å². The van der Waals surface area contributed by atoms with Crippen LogP contribution >= 0.6 is 0 Å². The van der Waals surface area contributed by atoms with Gasteiger partial charge in [0.15, 0.2) is 0 Å². The summed E-state index contributed by atoms with van der Waals surface area (Å²) in [5.41, 5.74) is 0.298. The average molecular weight is 226 g/mol. The lowest BCUT2D eigenvalue weighted by molar-refractivity contribution is 0.127. The van der Waals surface area contributed by atoms with Crippen LogP contribution in [-0.4, -0.2) is 36.1 Å². The Morgan fingerprint density at radius 3 is 2.56 bits per heavy atom. The van der Waals surface area contributed by atoms with Crippen molar-refractivity contribution in [3.63, 3.8) is 0 Å². The molecule has 2 heteroatoms. The molecule has 0 amide bonds. The second-order valence-electron chi connectivity index (χ2n) is 6.18. The van der Waals surface area contributed by atoms with Crippen molar-refractivity contribution >= 4 is 0 Å². The Morgan fingerprint density at radius 1 is 1.31 bits per heavy atom. The smallest absolute Gasteiger partial charge is 0.0123 e. The third-order valence-corrected chi connectivity index (χ3v) is 4.16. The van der Waals surface area contributed by atoms with Crippen LogP contribution in [0.4, 0.5) is 0 Å². The molecule has 16 heavy (non-hydrogen) atoms. The molecular formula is C14H30N2. The van der Waals surface area contributed by atoms with Gasteiger partial charge in [-0.1, -0.05) is 13.8 Å². The lowest BCUT2D eigenvalue weighted by atomic mass is 9.93. The van der Waals surface area contributed by atoms with E-state index in [1.54, 1.807) is 0 Å². The highest BCUT2D eigenvalue weighted by atomic mass is 15.2. The van der Waals surface area contributed by atoms with Gasteiger partial charge in [-0.3, -0.25) is 4.90 Å². The summed E-state index contributed by atoms with van der Waals surface area (Å²) in [5, 5.41) is 3.65. The quantitative estimate of drug-likeness (QED) is 0.775. The minimum absolute atomic E-state index is 0.298. The molecule has 1 rings (SSSR count). The first kappa shape index (κ1) is 14.0. The maximum absolute atomic E-state index is 3.65. The molecule has 2 nitrogen and oxygen atoms in total. The van der Waals surface area contributed by atoms with E-state index in [1.165, 1.54) is 32.4 Å². The zero-order valence-electron chi connectivity index (χ0n) is 11.8. The number of piperidine rings is 1. The van der Waals surface area contributed by atoms with E-state index in [9.17, 15) is 0 Å². The van der Waals surface area contributed by atoms with Gasteiger partial charge in [0.2, 0.25) is 0 Å². The van der Waals surface area contributed by atoms with Crippen LogP contribution in [0.5, 0.6) is 0 Å². The molecule has 1 aliphatic heterocycles. The fourth-order valence-corrected chi connectivity index (χ4v) is 2.45. The monoisotopic (exact) mass is 226 g/mol. The fraction of sp³-hybridized carbons (Fsp3) is 1.00. The minimum atomic E-state index is 0.298. The van der Waals surface area contributed by atoms with E-state index in [-0.39, 0.29) is 0 Å². The molecule has 1 heterocycles. The topological polar surface area (TPSA) is 15.3 Å². The van der Waals surface area contributed by atoms with Gasteiger partial charge in [0.1, 0.15) is 0 Å². The second kappa shape index (κ2) is 6.02. The van der Waals surface area contributed by atoms with Crippen LogP contribution in [0.3, 0.4) is 0 Å². The second-order valence-corrected chi connectivity index (χ2v) is 6.18. The van der Waals surface area contributed by atoms with Crippen LogP contribution in [0.15, 0.2) is 0 Å². The van der Waals surface area contributed by atoms with E-state index in [4.69, 9.17) is 0 Å². The molecule has 0 aromatic heterocycles. The molecule has 2 atom stereocenters. The van der Waals surface area contributed by atoms with Crippen LogP contribution < -0.4 is 5.32 Å². The number of nitrogens with one attached hydrogen (secondary N) is 1. The standard InChI is InChI=1S/C14H30N2/c1-6-14(4,5)15-8-10-16-9-7-12(2)11-13(16)3/h12-13,15H,6-11H2,1-5H3. The maximum atomic E-state index is 3.65. The number of rotatable bonds is 5. The Kier molecular flexibility index (Phi) is 5.26. The summed E-state index contributed by atoms with van der Waals surface area (Å²) in [6.07, 6.45) is 3.94. The Labute approximate surface area is 102 Å². The van der Waals surface area contributed by atoms with Crippen molar-refractivity contribution in [2.45, 2.75) is 65.5 Å². The first-order valence-electron chi connectivity index (χ1n) is 6.93. The summed E-state index contributed by atoms with van der Waals surface area (Å²) >= 11 is 0. The third kappa shape index (κ3) is 4.42. The zero-order chi connectivity index (χ0) is 12.2. The molecule has 1 saturated heterocycles. The normalized spacial score (nSPS) is 28.3. The van der Waals surface area contributed by atoms with Crippen molar-refractivity contribution in [2.24, 2.45) is 5.92 Å². The summed E-state index contributed by atoms with van der Waals surface area (Å²) in [5.74, 6) is 0.922. The molecule has 1 aliphatic rings. The lowest BCUT2D eigenvalue weighted by Gasteiger charge is -2.37. The highest BCUT2D eigenvalue weighted by molar-refractivity contribution is 4.80. The van der Waals surface area contributed by atoms with E-state index in [2.05, 4.69) is 44.8 Å². The number of hydrogen-bond donors (Lipinski definition) is 1. The minimum Gasteiger partial charge on any atom is -0.311 e. The van der Waals surface area contributed by atoms with Crippen molar-refractivity contribution < 1.29 is 0 Å². The largest absolute Gasteiger partial charge is 0.311 e. The molecule has 1 N–H and O–H groups in total. The molecule has 0 saturated carbocycles. The fourth-order valence-electron chi connectivity index (χ4n) is 2.45. The molecule has 1 fully saturated rings. The van der Waals surface area contributed by atoms with Crippen molar-refractivity contribution in [1.82, 2.24) is 10.2 Å². The van der Waals surface area contributed by atoms with Crippen molar-refractivity contribution in [2.75, 3.05) is 19.6 Å². The highest BCUT2D eigenvalue weighted by Gasteiger charge is 2.22. The van der Waals surface area contributed by atoms with Crippen LogP contribution in [0.2, 0.25) is 0 Å². The molecule has 0 aromatic rings. The number of nitrogens with zero attached hydrogens (tertiary/aromatic N) is 1. The first-order valence-corrected chi connectivity index (χ1v) is 6.93. The molecule has 0 bridgehead atoms. The Morgan fingerprint density at radius 2 is 2.00 bits per heavy atom. The SMILES string of the molecule is CCC(C)(C)NCCN1CCC(C)CC1C. The van der Waals surface area contributed by atoms with Crippen LogP contribution in [0.1, 0.15) is 53.9 Å². The lowest BCUT2D eigenvalue weighted by Crippen LogP contribution is -2.47. The van der Waals surface area contributed by atoms with Gasteiger partial charge in [-0.2, -0.15) is 0 Å². The van der Waals surface area contributed by atoms with Crippen molar-refractivity contribution in [3.05, 3.63) is 0 Å². The Bertz CT molecular complexity index is 201. The van der Waals surface area contributed by atoms with Crippen LogP contribution in [0.25, 0.3) is 0 Å². The summed E-state index contributed by atoms with van der Waals surface area (Å²) in [6, 6.07) is 0.773. The number of likely N-dealkylation sites (tertiary alicyclic amines) is 1. The van der Waals surface area contributed by atoms with Crippen molar-refractivity contribution in [1.29, 1.82) is 0 Å². The summed E-state index contributed by atoms with van der Waals surface area (Å²) in [6.45, 7) is 15.2. The predicted octanol–water partition coefficient (Wildman–Crippen LogP) is 2.89. The highest BCUT2D eigenvalue weighted by Crippen LogP contribution is 2.21. The average Bonchev–Trinajstić information content (AvgIpc) is 2.21. The van der Waals surface area contributed by atoms with E-state index < -0.39 is 0 Å².